The summed E-state index contributed by atoms with van der Waals surface area (Å²) in [6.45, 7) is 2.68. The van der Waals surface area contributed by atoms with E-state index < -0.39 is 6.10 Å². The van der Waals surface area contributed by atoms with E-state index in [0.717, 1.165) is 18.4 Å². The summed E-state index contributed by atoms with van der Waals surface area (Å²) in [5.41, 5.74) is 1.03. The first-order valence-corrected chi connectivity index (χ1v) is 9.69. The van der Waals surface area contributed by atoms with Gasteiger partial charge in [0.05, 0.1) is 20.3 Å². The number of fused-ring (bicyclic) bond motifs is 1. The fraction of sp³-hybridized carbons (Fsp3) is 0.409. The monoisotopic (exact) mass is 399 g/mol. The van der Waals surface area contributed by atoms with E-state index in [1.54, 1.807) is 39.3 Å². The van der Waals surface area contributed by atoms with Crippen LogP contribution in [0.5, 0.6) is 28.7 Å². The van der Waals surface area contributed by atoms with E-state index in [-0.39, 0.29) is 18.7 Å². The highest BCUT2D eigenvalue weighted by molar-refractivity contribution is 5.81. The van der Waals surface area contributed by atoms with Crippen LogP contribution in [0, 0.1) is 0 Å². The largest absolute Gasteiger partial charge is 0.493 e. The summed E-state index contributed by atoms with van der Waals surface area (Å²) >= 11 is 0. The first-order chi connectivity index (χ1) is 14.1. The van der Waals surface area contributed by atoms with Crippen LogP contribution in [0.25, 0.3) is 0 Å². The van der Waals surface area contributed by atoms with E-state index in [1.165, 1.54) is 0 Å². The van der Waals surface area contributed by atoms with Crippen LogP contribution in [0.1, 0.15) is 31.4 Å². The highest BCUT2D eigenvalue weighted by Crippen LogP contribution is 2.38. The van der Waals surface area contributed by atoms with Crippen molar-refractivity contribution in [1.82, 2.24) is 4.90 Å². The molecular formula is C22H25NO6. The van der Waals surface area contributed by atoms with Gasteiger partial charge in [0.15, 0.2) is 29.1 Å². The smallest absolute Gasteiger partial charge is 0.263 e. The van der Waals surface area contributed by atoms with Crippen LogP contribution < -0.4 is 23.7 Å². The molecule has 2 aliphatic heterocycles. The standard InChI is InChI=1S/C22H25NO6/c1-14(29-16-7-9-19-21(12-16)28-13-27-19)22(24)23-10-4-5-17(23)15-6-8-18(25-2)20(11-15)26-3/h6-9,11-12,14,17H,4-5,10,13H2,1-3H3/t14-,17-/m1/s1. The van der Waals surface area contributed by atoms with Crippen molar-refractivity contribution in [3.8, 4) is 28.7 Å². The summed E-state index contributed by atoms with van der Waals surface area (Å²) in [5.74, 6) is 3.19. The molecule has 2 atom stereocenters. The van der Waals surface area contributed by atoms with Gasteiger partial charge in [-0.1, -0.05) is 6.07 Å². The minimum Gasteiger partial charge on any atom is -0.493 e. The molecule has 0 N–H and O–H groups in total. The second-order valence-electron chi connectivity index (χ2n) is 7.08. The number of carbonyl (C=O) groups is 1. The number of nitrogens with zero attached hydrogens (tertiary/aromatic N) is 1. The van der Waals surface area contributed by atoms with Gasteiger partial charge in [-0.2, -0.15) is 0 Å². The molecule has 29 heavy (non-hydrogen) atoms. The third kappa shape index (κ3) is 3.77. The van der Waals surface area contributed by atoms with E-state index in [4.69, 9.17) is 23.7 Å². The molecule has 0 spiro atoms. The molecule has 4 rings (SSSR count). The molecule has 7 heteroatoms. The van der Waals surface area contributed by atoms with E-state index in [0.29, 0.717) is 35.3 Å². The number of amides is 1. The number of hydrogen-bond acceptors (Lipinski definition) is 6. The molecule has 154 valence electrons. The second-order valence-corrected chi connectivity index (χ2v) is 7.08. The van der Waals surface area contributed by atoms with Gasteiger partial charge in [0.2, 0.25) is 6.79 Å². The van der Waals surface area contributed by atoms with Crippen molar-refractivity contribution >= 4 is 5.91 Å². The van der Waals surface area contributed by atoms with E-state index >= 15 is 0 Å². The van der Waals surface area contributed by atoms with Crippen molar-refractivity contribution in [3.05, 3.63) is 42.0 Å². The van der Waals surface area contributed by atoms with E-state index in [9.17, 15) is 4.79 Å². The van der Waals surface area contributed by atoms with Gasteiger partial charge in [0.1, 0.15) is 5.75 Å². The molecule has 0 unspecified atom stereocenters. The van der Waals surface area contributed by atoms with Gasteiger partial charge in [-0.25, -0.2) is 0 Å². The van der Waals surface area contributed by atoms with Crippen molar-refractivity contribution in [3.63, 3.8) is 0 Å². The maximum Gasteiger partial charge on any atom is 0.263 e. The van der Waals surface area contributed by atoms with Crippen LogP contribution in [0.15, 0.2) is 36.4 Å². The van der Waals surface area contributed by atoms with Gasteiger partial charge in [0, 0.05) is 12.6 Å². The van der Waals surface area contributed by atoms with Crippen LogP contribution >= 0.6 is 0 Å². The zero-order valence-corrected chi connectivity index (χ0v) is 16.8. The number of rotatable bonds is 6. The van der Waals surface area contributed by atoms with E-state index in [1.807, 2.05) is 23.1 Å². The molecule has 0 saturated carbocycles. The summed E-state index contributed by atoms with van der Waals surface area (Å²) < 4.78 is 27.3. The van der Waals surface area contributed by atoms with Crippen LogP contribution in [0.4, 0.5) is 0 Å². The SMILES string of the molecule is COc1ccc([C@H]2CCCN2C(=O)[C@@H](C)Oc2ccc3c(c2)OCO3)cc1OC. The first-order valence-electron chi connectivity index (χ1n) is 9.69. The fourth-order valence-corrected chi connectivity index (χ4v) is 3.88. The maximum absolute atomic E-state index is 13.1. The van der Waals surface area contributed by atoms with Crippen molar-refractivity contribution in [1.29, 1.82) is 0 Å². The molecule has 1 saturated heterocycles. The summed E-state index contributed by atoms with van der Waals surface area (Å²) in [5, 5.41) is 0. The highest BCUT2D eigenvalue weighted by atomic mass is 16.7. The maximum atomic E-state index is 13.1. The van der Waals surface area contributed by atoms with Crippen molar-refractivity contribution in [2.24, 2.45) is 0 Å². The number of benzene rings is 2. The Morgan fingerprint density at radius 3 is 2.66 bits per heavy atom. The zero-order valence-electron chi connectivity index (χ0n) is 16.8. The lowest BCUT2D eigenvalue weighted by molar-refractivity contribution is -0.138. The Labute approximate surface area is 170 Å². The Kier molecular flexibility index (Phi) is 5.38. The molecule has 1 fully saturated rings. The van der Waals surface area contributed by atoms with Crippen LogP contribution in [-0.2, 0) is 4.79 Å². The Hall–Kier alpha value is -3.09. The van der Waals surface area contributed by atoms with Gasteiger partial charge in [-0.05, 0) is 49.6 Å². The zero-order chi connectivity index (χ0) is 20.4. The highest BCUT2D eigenvalue weighted by Gasteiger charge is 2.34. The van der Waals surface area contributed by atoms with Crippen LogP contribution in [-0.4, -0.2) is 44.5 Å². The van der Waals surface area contributed by atoms with Crippen molar-refractivity contribution < 1.29 is 28.5 Å². The van der Waals surface area contributed by atoms with Gasteiger partial charge in [-0.15, -0.1) is 0 Å². The molecule has 1 amide bonds. The van der Waals surface area contributed by atoms with Crippen molar-refractivity contribution in [2.75, 3.05) is 27.6 Å². The average molecular weight is 399 g/mol. The molecule has 2 heterocycles. The van der Waals surface area contributed by atoms with E-state index in [2.05, 4.69) is 0 Å². The predicted molar refractivity (Wildman–Crippen MR) is 106 cm³/mol. The second kappa shape index (κ2) is 8.11. The molecule has 0 aromatic heterocycles. The molecule has 0 aliphatic carbocycles. The average Bonchev–Trinajstić information content (AvgIpc) is 3.41. The quantitative estimate of drug-likeness (QED) is 0.740. The van der Waals surface area contributed by atoms with Gasteiger partial charge >= 0.3 is 0 Å². The molecule has 0 radical (unpaired) electrons. The topological polar surface area (TPSA) is 66.5 Å². The number of ether oxygens (including phenoxy) is 5. The Morgan fingerprint density at radius 2 is 1.86 bits per heavy atom. The number of methoxy groups -OCH3 is 2. The normalized spacial score (nSPS) is 18.4. The number of hydrogen-bond donors (Lipinski definition) is 0. The fourth-order valence-electron chi connectivity index (χ4n) is 3.88. The van der Waals surface area contributed by atoms with Gasteiger partial charge < -0.3 is 28.6 Å². The Bertz CT molecular complexity index is 899. The molecular weight excluding hydrogens is 374 g/mol. The molecule has 2 aliphatic rings. The van der Waals surface area contributed by atoms with Crippen LogP contribution in [0.2, 0.25) is 0 Å². The molecule has 2 aromatic rings. The lowest BCUT2D eigenvalue weighted by Gasteiger charge is -2.28. The third-order valence-corrected chi connectivity index (χ3v) is 5.33. The van der Waals surface area contributed by atoms with Gasteiger partial charge in [-0.3, -0.25) is 4.79 Å². The summed E-state index contributed by atoms with van der Waals surface area (Å²) in [6.07, 6.45) is 1.23. The van der Waals surface area contributed by atoms with Gasteiger partial charge in [0.25, 0.3) is 5.91 Å². The minimum absolute atomic E-state index is 0.00916. The van der Waals surface area contributed by atoms with Crippen molar-refractivity contribution in [2.45, 2.75) is 31.9 Å². The molecule has 0 bridgehead atoms. The summed E-state index contributed by atoms with van der Waals surface area (Å²) in [7, 11) is 3.22. The lowest BCUT2D eigenvalue weighted by Crippen LogP contribution is -2.40. The number of likely N-dealkylation sites (tertiary alicyclic amines) is 1. The predicted octanol–water partition coefficient (Wildman–Crippen LogP) is 3.56. The number of carbonyl (C=O) groups excluding carboxylic acids is 1. The summed E-state index contributed by atoms with van der Waals surface area (Å²) in [4.78, 5) is 15.0. The third-order valence-electron chi connectivity index (χ3n) is 5.33. The minimum atomic E-state index is -0.615. The Balaban J connectivity index is 1.48. The summed E-state index contributed by atoms with van der Waals surface area (Å²) in [6, 6.07) is 11.1. The molecule has 7 nitrogen and oxygen atoms in total. The molecule has 2 aromatic carbocycles. The first kappa shape index (κ1) is 19.2. The lowest BCUT2D eigenvalue weighted by atomic mass is 10.0. The Morgan fingerprint density at radius 1 is 1.07 bits per heavy atom. The van der Waals surface area contributed by atoms with Crippen LogP contribution in [0.3, 0.4) is 0 Å².